The number of nitrogens with zero attached hydrogens (tertiary/aromatic N) is 1. The maximum Gasteiger partial charge on any atom is 0.309 e. The molecular formula is C19H26N2O4. The van der Waals surface area contributed by atoms with Crippen LogP contribution < -0.4 is 0 Å². The molecule has 6 heteroatoms. The van der Waals surface area contributed by atoms with E-state index in [-0.39, 0.29) is 29.7 Å². The van der Waals surface area contributed by atoms with Crippen molar-refractivity contribution >= 4 is 17.5 Å². The summed E-state index contributed by atoms with van der Waals surface area (Å²) < 4.78 is 10.0. The van der Waals surface area contributed by atoms with Crippen molar-refractivity contribution in [2.45, 2.75) is 46.0 Å². The maximum atomic E-state index is 12.0. The first-order chi connectivity index (χ1) is 12.0. The smallest absolute Gasteiger partial charge is 0.309 e. The van der Waals surface area contributed by atoms with Gasteiger partial charge in [-0.3, -0.25) is 14.7 Å². The Balaban J connectivity index is 1.75. The number of allylic oxidation sites excluding steroid dienone is 2. The molecule has 0 saturated carbocycles. The highest BCUT2D eigenvalue weighted by Gasteiger charge is 2.33. The van der Waals surface area contributed by atoms with Gasteiger partial charge in [-0.1, -0.05) is 13.0 Å². The van der Waals surface area contributed by atoms with Crippen LogP contribution in [-0.4, -0.2) is 35.9 Å². The second-order valence-corrected chi connectivity index (χ2v) is 7.00. The molecule has 0 amide bonds. The molecule has 2 unspecified atom stereocenters. The molecule has 0 saturated heterocycles. The molecule has 2 aliphatic rings. The second-order valence-electron chi connectivity index (χ2n) is 7.00. The zero-order valence-corrected chi connectivity index (χ0v) is 15.1. The number of rotatable bonds is 4. The Morgan fingerprint density at radius 2 is 2.12 bits per heavy atom. The number of nitrogens with one attached hydrogen (secondary N) is 1. The van der Waals surface area contributed by atoms with E-state index in [1.54, 1.807) is 0 Å². The Morgan fingerprint density at radius 1 is 1.32 bits per heavy atom. The van der Waals surface area contributed by atoms with Gasteiger partial charge in [-0.05, 0) is 44.1 Å². The van der Waals surface area contributed by atoms with Gasteiger partial charge in [0.25, 0.3) is 0 Å². The van der Waals surface area contributed by atoms with E-state index in [2.05, 4.69) is 23.2 Å². The van der Waals surface area contributed by atoms with Gasteiger partial charge in [-0.15, -0.1) is 0 Å². The molecule has 3 rings (SSSR count). The molecule has 0 bridgehead atoms. The zero-order chi connectivity index (χ0) is 18.0. The molecular weight excluding hydrogens is 320 g/mol. The van der Waals surface area contributed by atoms with Crippen LogP contribution in [0.1, 0.15) is 50.1 Å². The van der Waals surface area contributed by atoms with Gasteiger partial charge in [0.05, 0.1) is 31.2 Å². The van der Waals surface area contributed by atoms with Gasteiger partial charge in [0, 0.05) is 17.7 Å². The van der Waals surface area contributed by atoms with E-state index < -0.39 is 0 Å². The van der Waals surface area contributed by atoms with Crippen molar-refractivity contribution in [3.8, 4) is 0 Å². The van der Waals surface area contributed by atoms with Crippen LogP contribution in [0.15, 0.2) is 6.08 Å². The van der Waals surface area contributed by atoms with E-state index in [9.17, 15) is 9.59 Å². The third kappa shape index (κ3) is 3.48. The number of methoxy groups -OCH3 is 1. The van der Waals surface area contributed by atoms with E-state index in [4.69, 9.17) is 9.47 Å². The van der Waals surface area contributed by atoms with Gasteiger partial charge in [0.1, 0.15) is 0 Å². The molecule has 0 spiro atoms. The molecule has 136 valence electrons. The molecule has 1 heterocycles. The largest absolute Gasteiger partial charge is 0.469 e. The summed E-state index contributed by atoms with van der Waals surface area (Å²) >= 11 is 0. The monoisotopic (exact) mass is 346 g/mol. The lowest BCUT2D eigenvalue weighted by Crippen LogP contribution is -2.27. The topological polar surface area (TPSA) is 81.3 Å². The molecule has 6 nitrogen and oxygen atoms in total. The average molecular weight is 346 g/mol. The lowest BCUT2D eigenvalue weighted by molar-refractivity contribution is -0.149. The number of hydrogen-bond acceptors (Lipinski definition) is 5. The Kier molecular flexibility index (Phi) is 5.25. The molecule has 0 fully saturated rings. The summed E-state index contributed by atoms with van der Waals surface area (Å²) in [4.78, 5) is 23.8. The number of aromatic amines is 1. The molecule has 0 aliphatic heterocycles. The van der Waals surface area contributed by atoms with Crippen LogP contribution >= 0.6 is 0 Å². The maximum absolute atomic E-state index is 12.0. The predicted octanol–water partition coefficient (Wildman–Crippen LogP) is 2.68. The highest BCUT2D eigenvalue weighted by Crippen LogP contribution is 2.38. The normalized spacial score (nSPS) is 25.7. The summed E-state index contributed by atoms with van der Waals surface area (Å²) in [6, 6.07) is 0. The molecule has 3 atom stereocenters. The van der Waals surface area contributed by atoms with Gasteiger partial charge in [0.2, 0.25) is 0 Å². The van der Waals surface area contributed by atoms with E-state index in [1.807, 2.05) is 6.92 Å². The van der Waals surface area contributed by atoms with Gasteiger partial charge in [0.15, 0.2) is 0 Å². The summed E-state index contributed by atoms with van der Waals surface area (Å²) in [7, 11) is 1.43. The molecule has 1 N–H and O–H groups in total. The van der Waals surface area contributed by atoms with Crippen molar-refractivity contribution in [2.24, 2.45) is 17.8 Å². The summed E-state index contributed by atoms with van der Waals surface area (Å²) in [5.41, 5.74) is 4.46. The van der Waals surface area contributed by atoms with E-state index >= 15 is 0 Å². The summed E-state index contributed by atoms with van der Waals surface area (Å²) in [5.74, 6) is -0.168. The Bertz CT molecular complexity index is 692. The summed E-state index contributed by atoms with van der Waals surface area (Å²) in [6.45, 7) is 4.36. The van der Waals surface area contributed by atoms with Crippen molar-refractivity contribution < 1.29 is 19.1 Å². The van der Waals surface area contributed by atoms with E-state index in [0.29, 0.717) is 19.4 Å². The van der Waals surface area contributed by atoms with Gasteiger partial charge < -0.3 is 9.47 Å². The second kappa shape index (κ2) is 7.42. The molecule has 25 heavy (non-hydrogen) atoms. The van der Waals surface area contributed by atoms with Crippen LogP contribution in [0.3, 0.4) is 0 Å². The number of H-pyrrole nitrogens is 1. The standard InChI is InChI=1S/C19H26N2O4/c1-4-25-19(23)14-7-5-12(9-11(14)2)17-15-8-6-13(18(22)24-3)10-16(15)20-21-17/h5,11,13-14H,4,6-10H2,1-3H3,(H,20,21)/t11?,13?,14-/m1/s1. The van der Waals surface area contributed by atoms with Crippen molar-refractivity contribution in [3.63, 3.8) is 0 Å². The molecule has 1 aromatic rings. The fraction of sp³-hybridized carbons (Fsp3) is 0.632. The van der Waals surface area contributed by atoms with Gasteiger partial charge in [-0.25, -0.2) is 0 Å². The fourth-order valence-electron chi connectivity index (χ4n) is 3.99. The van der Waals surface area contributed by atoms with Gasteiger partial charge >= 0.3 is 11.9 Å². The number of esters is 2. The fourth-order valence-corrected chi connectivity index (χ4v) is 3.99. The van der Waals surface area contributed by atoms with Crippen LogP contribution in [0.25, 0.3) is 5.57 Å². The van der Waals surface area contributed by atoms with Crippen molar-refractivity contribution in [2.75, 3.05) is 13.7 Å². The lowest BCUT2D eigenvalue weighted by atomic mass is 9.78. The summed E-state index contributed by atoms with van der Waals surface area (Å²) in [5, 5.41) is 7.63. The number of hydrogen-bond donors (Lipinski definition) is 1. The highest BCUT2D eigenvalue weighted by molar-refractivity contribution is 5.77. The zero-order valence-electron chi connectivity index (χ0n) is 15.1. The average Bonchev–Trinajstić information content (AvgIpc) is 3.04. The van der Waals surface area contributed by atoms with Gasteiger partial charge in [-0.2, -0.15) is 5.10 Å². The van der Waals surface area contributed by atoms with E-state index in [1.165, 1.54) is 18.2 Å². The van der Waals surface area contributed by atoms with Crippen molar-refractivity contribution in [1.29, 1.82) is 0 Å². The number of ether oxygens (including phenoxy) is 2. The third-order valence-electron chi connectivity index (χ3n) is 5.42. The minimum absolute atomic E-state index is 0.0674. The Labute approximate surface area is 148 Å². The minimum Gasteiger partial charge on any atom is -0.469 e. The predicted molar refractivity (Wildman–Crippen MR) is 92.6 cm³/mol. The van der Waals surface area contributed by atoms with Crippen LogP contribution in [0.2, 0.25) is 0 Å². The van der Waals surface area contributed by atoms with Crippen LogP contribution in [-0.2, 0) is 31.9 Å². The number of carbonyl (C=O) groups excluding carboxylic acids is 2. The van der Waals surface area contributed by atoms with Crippen LogP contribution in [0.4, 0.5) is 0 Å². The number of aromatic nitrogens is 2. The van der Waals surface area contributed by atoms with E-state index in [0.717, 1.165) is 30.7 Å². The Hall–Kier alpha value is -2.11. The summed E-state index contributed by atoms with van der Waals surface area (Å²) in [6.07, 6.45) is 5.92. The molecule has 2 aliphatic carbocycles. The highest BCUT2D eigenvalue weighted by atomic mass is 16.5. The molecule has 1 aromatic heterocycles. The van der Waals surface area contributed by atoms with Crippen molar-refractivity contribution in [1.82, 2.24) is 10.2 Å². The Morgan fingerprint density at radius 3 is 2.80 bits per heavy atom. The minimum atomic E-state index is -0.149. The van der Waals surface area contributed by atoms with Crippen LogP contribution in [0, 0.1) is 17.8 Å². The first-order valence-electron chi connectivity index (χ1n) is 9.05. The first-order valence-corrected chi connectivity index (χ1v) is 9.05. The quantitative estimate of drug-likeness (QED) is 0.848. The molecule has 0 aromatic carbocycles. The van der Waals surface area contributed by atoms with Crippen LogP contribution in [0.5, 0.6) is 0 Å². The SMILES string of the molecule is CCOC(=O)[C@@H]1CC=C(c2n[nH]c3c2CCC(C(=O)OC)C3)CC1C. The number of carbonyl (C=O) groups is 2. The first kappa shape index (κ1) is 17.7. The van der Waals surface area contributed by atoms with Crippen molar-refractivity contribution in [3.05, 3.63) is 23.0 Å². The third-order valence-corrected chi connectivity index (χ3v) is 5.42. The number of fused-ring (bicyclic) bond motifs is 1. The lowest BCUT2D eigenvalue weighted by Gasteiger charge is -2.27. The molecule has 0 radical (unpaired) electrons.